The molecule has 2 N–H and O–H groups in total. The molecule has 17 heavy (non-hydrogen) atoms. The Kier molecular flexibility index (Phi) is 3.24. The second-order valence-electron chi connectivity index (χ2n) is 4.23. The number of anilines is 1. The molecule has 0 radical (unpaired) electrons. The zero-order valence-electron chi connectivity index (χ0n) is 10.1. The van der Waals surface area contributed by atoms with Crippen molar-refractivity contribution in [3.63, 3.8) is 0 Å². The Hall–Kier alpha value is -2.09. The summed E-state index contributed by atoms with van der Waals surface area (Å²) in [6.45, 7) is 4.09. The number of hydrogen-bond donors (Lipinski definition) is 2. The van der Waals surface area contributed by atoms with Gasteiger partial charge in [-0.2, -0.15) is 0 Å². The molecular weight excluding hydrogens is 208 g/mol. The van der Waals surface area contributed by atoms with Crippen LogP contribution >= 0.6 is 0 Å². The monoisotopic (exact) mass is 224 g/mol. The van der Waals surface area contributed by atoms with Gasteiger partial charge in [0.25, 0.3) is 0 Å². The molecule has 0 heterocycles. The fourth-order valence-corrected chi connectivity index (χ4v) is 1.57. The van der Waals surface area contributed by atoms with Gasteiger partial charge in [-0.05, 0) is 26.0 Å². The summed E-state index contributed by atoms with van der Waals surface area (Å²) in [5.41, 5.74) is 4.27. The topological polar surface area (TPSA) is 35.9 Å². The summed E-state index contributed by atoms with van der Waals surface area (Å²) in [6.07, 6.45) is 0. The van der Waals surface area contributed by atoms with Crippen molar-refractivity contribution < 1.29 is 0 Å². The van der Waals surface area contributed by atoms with Gasteiger partial charge in [-0.25, -0.2) is 0 Å². The molecule has 2 rings (SSSR count). The molecule has 0 aliphatic carbocycles. The van der Waals surface area contributed by atoms with Crippen molar-refractivity contribution >= 4 is 11.5 Å². The first kappa shape index (κ1) is 11.4. The second kappa shape index (κ2) is 4.83. The highest BCUT2D eigenvalue weighted by molar-refractivity contribution is 6.06. The van der Waals surface area contributed by atoms with E-state index in [2.05, 4.69) is 12.2 Å². The lowest BCUT2D eigenvalue weighted by molar-refractivity contribution is 1.40. The smallest absolute Gasteiger partial charge is 0.129 e. The highest BCUT2D eigenvalue weighted by atomic mass is 14.9. The molecule has 0 aromatic heterocycles. The maximum Gasteiger partial charge on any atom is 0.129 e. The minimum Gasteiger partial charge on any atom is -0.340 e. The molecule has 0 aliphatic rings. The number of rotatable bonds is 2. The molecule has 0 saturated carbocycles. The molecule has 0 fully saturated rings. The van der Waals surface area contributed by atoms with Crippen molar-refractivity contribution in [3.05, 3.63) is 65.2 Å². The largest absolute Gasteiger partial charge is 0.340 e. The first-order valence-corrected chi connectivity index (χ1v) is 5.64. The Labute approximate surface area is 102 Å². The van der Waals surface area contributed by atoms with Crippen LogP contribution in [0.25, 0.3) is 0 Å². The van der Waals surface area contributed by atoms with Crippen LogP contribution in [-0.2, 0) is 0 Å². The highest BCUT2D eigenvalue weighted by Gasteiger charge is 2.00. The highest BCUT2D eigenvalue weighted by Crippen LogP contribution is 2.11. The van der Waals surface area contributed by atoms with Crippen molar-refractivity contribution in [2.75, 3.05) is 5.32 Å². The van der Waals surface area contributed by atoms with E-state index in [1.807, 2.05) is 55.5 Å². The minimum absolute atomic E-state index is 0.425. The van der Waals surface area contributed by atoms with Crippen LogP contribution in [0, 0.1) is 19.3 Å². The van der Waals surface area contributed by atoms with Gasteiger partial charge < -0.3 is 5.32 Å². The van der Waals surface area contributed by atoms with E-state index in [0.29, 0.717) is 5.84 Å². The van der Waals surface area contributed by atoms with Gasteiger partial charge in [0.1, 0.15) is 5.84 Å². The first-order chi connectivity index (χ1) is 8.15. The summed E-state index contributed by atoms with van der Waals surface area (Å²) < 4.78 is 0. The Balaban J connectivity index is 2.11. The van der Waals surface area contributed by atoms with Crippen molar-refractivity contribution in [1.29, 1.82) is 5.41 Å². The van der Waals surface area contributed by atoms with Crippen molar-refractivity contribution in [2.24, 2.45) is 0 Å². The number of aryl methyl sites for hydroxylation is 2. The summed E-state index contributed by atoms with van der Waals surface area (Å²) in [7, 11) is 0. The second-order valence-corrected chi connectivity index (χ2v) is 4.23. The van der Waals surface area contributed by atoms with E-state index in [1.54, 1.807) is 0 Å². The maximum absolute atomic E-state index is 7.98. The zero-order valence-corrected chi connectivity index (χ0v) is 10.1. The lowest BCUT2D eigenvalue weighted by atomic mass is 10.1. The van der Waals surface area contributed by atoms with Gasteiger partial charge in [-0.3, -0.25) is 5.41 Å². The summed E-state index contributed by atoms with van der Waals surface area (Å²) in [4.78, 5) is 0. The summed E-state index contributed by atoms with van der Waals surface area (Å²) in [5, 5.41) is 11.1. The average molecular weight is 224 g/mol. The van der Waals surface area contributed by atoms with Gasteiger partial charge in [0, 0.05) is 11.3 Å². The number of hydrogen-bond acceptors (Lipinski definition) is 1. The lowest BCUT2D eigenvalue weighted by Crippen LogP contribution is -2.11. The van der Waals surface area contributed by atoms with Crippen LogP contribution < -0.4 is 5.32 Å². The van der Waals surface area contributed by atoms with E-state index >= 15 is 0 Å². The Morgan fingerprint density at radius 3 is 1.82 bits per heavy atom. The SMILES string of the molecule is Cc1ccc(NC(=N)c2ccc(C)cc2)cc1. The van der Waals surface area contributed by atoms with Gasteiger partial charge in [0.15, 0.2) is 0 Å². The molecule has 0 unspecified atom stereocenters. The Morgan fingerprint density at radius 2 is 1.29 bits per heavy atom. The van der Waals surface area contributed by atoms with Gasteiger partial charge in [0.05, 0.1) is 0 Å². The van der Waals surface area contributed by atoms with E-state index in [9.17, 15) is 0 Å². The molecular formula is C15H16N2. The zero-order chi connectivity index (χ0) is 12.3. The average Bonchev–Trinajstić information content (AvgIpc) is 2.33. The summed E-state index contributed by atoms with van der Waals surface area (Å²) in [6, 6.07) is 16.0. The van der Waals surface area contributed by atoms with E-state index in [-0.39, 0.29) is 0 Å². The molecule has 2 heteroatoms. The summed E-state index contributed by atoms with van der Waals surface area (Å²) in [5.74, 6) is 0.425. The third-order valence-corrected chi connectivity index (χ3v) is 2.66. The van der Waals surface area contributed by atoms with Crippen LogP contribution in [0.1, 0.15) is 16.7 Å². The van der Waals surface area contributed by atoms with E-state index in [4.69, 9.17) is 5.41 Å². The van der Waals surface area contributed by atoms with E-state index in [0.717, 1.165) is 11.3 Å². The predicted octanol–water partition coefficient (Wildman–Crippen LogP) is 3.74. The van der Waals surface area contributed by atoms with Crippen LogP contribution in [0.15, 0.2) is 48.5 Å². The van der Waals surface area contributed by atoms with E-state index < -0.39 is 0 Å². The minimum atomic E-state index is 0.425. The van der Waals surface area contributed by atoms with Crippen LogP contribution in [0.4, 0.5) is 5.69 Å². The van der Waals surface area contributed by atoms with Gasteiger partial charge in [-0.1, -0.05) is 47.5 Å². The van der Waals surface area contributed by atoms with Crippen LogP contribution in [-0.4, -0.2) is 5.84 Å². The van der Waals surface area contributed by atoms with Gasteiger partial charge in [0.2, 0.25) is 0 Å². The molecule has 0 atom stereocenters. The van der Waals surface area contributed by atoms with Gasteiger partial charge in [-0.15, -0.1) is 0 Å². The fourth-order valence-electron chi connectivity index (χ4n) is 1.57. The third-order valence-electron chi connectivity index (χ3n) is 2.66. The number of amidine groups is 1. The Bertz CT molecular complexity index is 510. The fraction of sp³-hybridized carbons (Fsp3) is 0.133. The first-order valence-electron chi connectivity index (χ1n) is 5.64. The molecule has 0 amide bonds. The van der Waals surface area contributed by atoms with Crippen LogP contribution in [0.3, 0.4) is 0 Å². The van der Waals surface area contributed by atoms with Crippen molar-refractivity contribution in [1.82, 2.24) is 0 Å². The van der Waals surface area contributed by atoms with Gasteiger partial charge >= 0.3 is 0 Å². The molecule has 0 bridgehead atoms. The molecule has 86 valence electrons. The van der Waals surface area contributed by atoms with Crippen molar-refractivity contribution in [2.45, 2.75) is 13.8 Å². The molecule has 0 saturated heterocycles. The number of nitrogens with one attached hydrogen (secondary N) is 2. The quantitative estimate of drug-likeness (QED) is 0.591. The van der Waals surface area contributed by atoms with Crippen molar-refractivity contribution in [3.8, 4) is 0 Å². The Morgan fingerprint density at radius 1 is 0.824 bits per heavy atom. The number of benzene rings is 2. The normalized spacial score (nSPS) is 10.0. The maximum atomic E-state index is 7.98. The lowest BCUT2D eigenvalue weighted by Gasteiger charge is -2.08. The molecule has 0 spiro atoms. The third kappa shape index (κ3) is 2.94. The molecule has 2 aromatic rings. The van der Waals surface area contributed by atoms with Crippen LogP contribution in [0.5, 0.6) is 0 Å². The molecule has 0 aliphatic heterocycles. The standard InChI is InChI=1S/C15H16N2/c1-11-3-7-13(8-4-11)15(16)17-14-9-5-12(2)6-10-14/h3-10H,1-2H3,(H2,16,17). The van der Waals surface area contributed by atoms with Crippen LogP contribution in [0.2, 0.25) is 0 Å². The van der Waals surface area contributed by atoms with E-state index in [1.165, 1.54) is 11.1 Å². The molecule has 2 aromatic carbocycles. The molecule has 2 nitrogen and oxygen atoms in total. The summed E-state index contributed by atoms with van der Waals surface area (Å²) >= 11 is 0. The predicted molar refractivity (Wildman–Crippen MR) is 72.8 cm³/mol.